The topological polar surface area (TPSA) is 53.5 Å². The summed E-state index contributed by atoms with van der Waals surface area (Å²) in [5.74, 6) is 2.43. The third kappa shape index (κ3) is 4.44. The number of hydrogen-bond acceptors (Lipinski definition) is 6. The molecule has 2 aliphatic heterocycles. The molecule has 6 nitrogen and oxygen atoms in total. The number of nitrogens with zero attached hydrogens (tertiary/aromatic N) is 4. The molecule has 1 N–H and O–H groups in total. The third-order valence-electron chi connectivity index (χ3n) is 4.45. The Labute approximate surface area is 138 Å². The van der Waals surface area contributed by atoms with Crippen LogP contribution in [0.2, 0.25) is 0 Å². The second-order valence-corrected chi connectivity index (χ2v) is 5.92. The summed E-state index contributed by atoms with van der Waals surface area (Å²) < 4.78 is 5.17. The number of piperidine rings is 1. The second-order valence-electron chi connectivity index (χ2n) is 5.92. The van der Waals surface area contributed by atoms with Gasteiger partial charge in [-0.1, -0.05) is 0 Å². The molecule has 0 aliphatic carbocycles. The first-order chi connectivity index (χ1) is 10.3. The largest absolute Gasteiger partial charge is 0.481 e. The summed E-state index contributed by atoms with van der Waals surface area (Å²) in [5.41, 5.74) is 0. The van der Waals surface area contributed by atoms with Crippen molar-refractivity contribution in [3.05, 3.63) is 12.4 Å². The minimum Gasteiger partial charge on any atom is -0.481 e. The fraction of sp³-hybridized carbons (Fsp3) is 0.733. The van der Waals surface area contributed by atoms with E-state index in [0.717, 1.165) is 37.9 Å². The molecule has 7 heteroatoms. The molecular weight excluding hydrogens is 302 g/mol. The van der Waals surface area contributed by atoms with Crippen LogP contribution >= 0.6 is 12.4 Å². The summed E-state index contributed by atoms with van der Waals surface area (Å²) in [4.78, 5) is 13.3. The lowest BCUT2D eigenvalue weighted by molar-refractivity contribution is 0.198. The van der Waals surface area contributed by atoms with Gasteiger partial charge in [0.15, 0.2) is 0 Å². The SMILES string of the molecule is COc1cc(N2CCN(CC3CCCNC3)CC2)ncn1.Cl. The number of piperazine rings is 1. The first-order valence-corrected chi connectivity index (χ1v) is 7.89. The molecule has 0 spiro atoms. The molecule has 2 fully saturated rings. The average molecular weight is 328 g/mol. The molecule has 0 amide bonds. The monoisotopic (exact) mass is 327 g/mol. The summed E-state index contributed by atoms with van der Waals surface area (Å²) in [6.45, 7) is 7.89. The van der Waals surface area contributed by atoms with Crippen molar-refractivity contribution in [3.63, 3.8) is 0 Å². The van der Waals surface area contributed by atoms with Crippen LogP contribution in [0.5, 0.6) is 5.88 Å². The number of anilines is 1. The number of aromatic nitrogens is 2. The van der Waals surface area contributed by atoms with E-state index in [1.54, 1.807) is 13.4 Å². The van der Waals surface area contributed by atoms with Gasteiger partial charge in [0.2, 0.25) is 5.88 Å². The van der Waals surface area contributed by atoms with Gasteiger partial charge in [-0.2, -0.15) is 0 Å². The van der Waals surface area contributed by atoms with E-state index in [9.17, 15) is 0 Å². The van der Waals surface area contributed by atoms with Gasteiger partial charge in [0.05, 0.1) is 7.11 Å². The Morgan fingerprint density at radius 3 is 2.77 bits per heavy atom. The lowest BCUT2D eigenvalue weighted by atomic mass is 9.99. The number of ether oxygens (including phenoxy) is 1. The van der Waals surface area contributed by atoms with Crippen LogP contribution in [0.1, 0.15) is 12.8 Å². The van der Waals surface area contributed by atoms with Crippen molar-refractivity contribution >= 4 is 18.2 Å². The van der Waals surface area contributed by atoms with Gasteiger partial charge in [-0.25, -0.2) is 9.97 Å². The van der Waals surface area contributed by atoms with E-state index in [0.29, 0.717) is 5.88 Å². The summed E-state index contributed by atoms with van der Waals surface area (Å²) >= 11 is 0. The van der Waals surface area contributed by atoms with Crippen molar-refractivity contribution in [1.29, 1.82) is 0 Å². The number of nitrogens with one attached hydrogen (secondary N) is 1. The highest BCUT2D eigenvalue weighted by Gasteiger charge is 2.22. The molecular formula is C15H26ClN5O. The number of hydrogen-bond donors (Lipinski definition) is 1. The van der Waals surface area contributed by atoms with Crippen molar-refractivity contribution in [3.8, 4) is 5.88 Å². The molecule has 3 rings (SSSR count). The van der Waals surface area contributed by atoms with E-state index in [4.69, 9.17) is 4.74 Å². The highest BCUT2D eigenvalue weighted by atomic mass is 35.5. The van der Waals surface area contributed by atoms with E-state index in [1.807, 2.05) is 6.07 Å². The van der Waals surface area contributed by atoms with E-state index < -0.39 is 0 Å². The lowest BCUT2D eigenvalue weighted by Crippen LogP contribution is -2.49. The van der Waals surface area contributed by atoms with Crippen LogP contribution in [-0.4, -0.2) is 67.8 Å². The van der Waals surface area contributed by atoms with Crippen LogP contribution in [0, 0.1) is 5.92 Å². The molecule has 124 valence electrons. The molecule has 1 atom stereocenters. The Bertz CT molecular complexity index is 447. The first kappa shape index (κ1) is 17.2. The number of halogens is 1. The standard InChI is InChI=1S/C15H25N5O.ClH/c1-21-15-9-14(17-12-18-15)20-7-5-19(6-8-20)11-13-3-2-4-16-10-13;/h9,12-13,16H,2-8,10-11H2,1H3;1H. The zero-order valence-electron chi connectivity index (χ0n) is 13.2. The van der Waals surface area contributed by atoms with Crippen LogP contribution in [0.4, 0.5) is 5.82 Å². The van der Waals surface area contributed by atoms with Gasteiger partial charge in [-0.15, -0.1) is 12.4 Å². The molecule has 1 unspecified atom stereocenters. The summed E-state index contributed by atoms with van der Waals surface area (Å²) in [5, 5.41) is 3.50. The predicted molar refractivity (Wildman–Crippen MR) is 90.1 cm³/mol. The third-order valence-corrected chi connectivity index (χ3v) is 4.45. The van der Waals surface area contributed by atoms with Crippen LogP contribution in [-0.2, 0) is 0 Å². The lowest BCUT2D eigenvalue weighted by Gasteiger charge is -2.37. The Kier molecular flexibility index (Phi) is 6.67. The normalized spacial score (nSPS) is 23.0. The van der Waals surface area contributed by atoms with E-state index in [1.165, 1.54) is 32.5 Å². The van der Waals surface area contributed by atoms with Crippen LogP contribution in [0.15, 0.2) is 12.4 Å². The Hall–Kier alpha value is -1.11. The Morgan fingerprint density at radius 2 is 2.09 bits per heavy atom. The van der Waals surface area contributed by atoms with E-state index >= 15 is 0 Å². The van der Waals surface area contributed by atoms with Crippen molar-refractivity contribution in [1.82, 2.24) is 20.2 Å². The summed E-state index contributed by atoms with van der Waals surface area (Å²) in [6, 6.07) is 1.92. The number of rotatable bonds is 4. The maximum absolute atomic E-state index is 5.17. The first-order valence-electron chi connectivity index (χ1n) is 7.89. The molecule has 22 heavy (non-hydrogen) atoms. The second kappa shape index (κ2) is 8.50. The fourth-order valence-electron chi connectivity index (χ4n) is 3.22. The fourth-order valence-corrected chi connectivity index (χ4v) is 3.22. The molecule has 0 aromatic carbocycles. The van der Waals surface area contributed by atoms with Gasteiger partial charge in [0, 0.05) is 38.8 Å². The summed E-state index contributed by atoms with van der Waals surface area (Å²) in [7, 11) is 1.64. The van der Waals surface area contributed by atoms with Crippen molar-refractivity contribution in [2.24, 2.45) is 5.92 Å². The highest BCUT2D eigenvalue weighted by Crippen LogP contribution is 2.18. The van der Waals surface area contributed by atoms with Crippen LogP contribution in [0.25, 0.3) is 0 Å². The summed E-state index contributed by atoms with van der Waals surface area (Å²) in [6.07, 6.45) is 4.27. The smallest absolute Gasteiger partial charge is 0.218 e. The Balaban J connectivity index is 0.00000176. The Morgan fingerprint density at radius 1 is 1.27 bits per heavy atom. The highest BCUT2D eigenvalue weighted by molar-refractivity contribution is 5.85. The van der Waals surface area contributed by atoms with Crippen molar-refractivity contribution < 1.29 is 4.74 Å². The minimum absolute atomic E-state index is 0. The van der Waals surface area contributed by atoms with Crippen molar-refractivity contribution in [2.75, 3.05) is 57.8 Å². The van der Waals surface area contributed by atoms with Crippen LogP contribution in [0.3, 0.4) is 0 Å². The van der Waals surface area contributed by atoms with Gasteiger partial charge in [0.25, 0.3) is 0 Å². The molecule has 0 bridgehead atoms. The minimum atomic E-state index is 0. The van der Waals surface area contributed by atoms with Gasteiger partial charge >= 0.3 is 0 Å². The zero-order valence-corrected chi connectivity index (χ0v) is 14.0. The maximum Gasteiger partial charge on any atom is 0.218 e. The molecule has 2 saturated heterocycles. The molecule has 0 saturated carbocycles. The van der Waals surface area contributed by atoms with Crippen LogP contribution < -0.4 is 15.0 Å². The van der Waals surface area contributed by atoms with E-state index in [2.05, 4.69) is 25.1 Å². The van der Waals surface area contributed by atoms with Crippen molar-refractivity contribution in [2.45, 2.75) is 12.8 Å². The van der Waals surface area contributed by atoms with Gasteiger partial charge in [-0.05, 0) is 31.8 Å². The molecule has 3 heterocycles. The zero-order chi connectivity index (χ0) is 14.5. The molecule has 1 aromatic rings. The molecule has 2 aliphatic rings. The van der Waals surface area contributed by atoms with Gasteiger partial charge in [0.1, 0.15) is 12.1 Å². The van der Waals surface area contributed by atoms with Gasteiger partial charge < -0.3 is 15.0 Å². The molecule has 1 aromatic heterocycles. The predicted octanol–water partition coefficient (Wildman–Crippen LogP) is 1.03. The maximum atomic E-state index is 5.17. The van der Waals surface area contributed by atoms with E-state index in [-0.39, 0.29) is 12.4 Å². The van der Waals surface area contributed by atoms with Gasteiger partial charge in [-0.3, -0.25) is 4.90 Å². The molecule has 0 radical (unpaired) electrons. The average Bonchev–Trinajstić information content (AvgIpc) is 2.56. The quantitative estimate of drug-likeness (QED) is 0.891. The number of methoxy groups -OCH3 is 1.